The Balaban J connectivity index is 1.21. The SMILES string of the molecule is CCCCNc1nc(N)nc2ccc(Cc3ccc(CN4CC5(CN(CC)C5)C4)cc3)nc12. The second-order valence-corrected chi connectivity index (χ2v) is 9.82. The molecule has 0 saturated carbocycles. The number of unbranched alkanes of at least 4 members (excludes halogenated alkanes) is 1. The summed E-state index contributed by atoms with van der Waals surface area (Å²) in [6, 6.07) is 13.0. The standard InChI is InChI=1S/C26H35N7/c1-3-5-12-28-24-23-22(30-25(27)31-24)11-10-21(29-23)13-19-6-8-20(9-7-19)14-33-17-26(18-33)15-32(4-2)16-26/h6-11H,3-5,12-18H2,1-2H3,(H3,27,28,30,31). The second kappa shape index (κ2) is 9.23. The number of nitrogens with zero attached hydrogens (tertiary/aromatic N) is 5. The Morgan fingerprint density at radius 1 is 0.909 bits per heavy atom. The van der Waals surface area contributed by atoms with Crippen molar-refractivity contribution in [3.05, 3.63) is 53.2 Å². The molecule has 3 aromatic rings. The van der Waals surface area contributed by atoms with E-state index < -0.39 is 0 Å². The van der Waals surface area contributed by atoms with Crippen molar-refractivity contribution in [1.29, 1.82) is 0 Å². The fourth-order valence-corrected chi connectivity index (χ4v) is 5.25. The summed E-state index contributed by atoms with van der Waals surface area (Å²) in [4.78, 5) is 18.7. The molecule has 33 heavy (non-hydrogen) atoms. The molecule has 0 unspecified atom stereocenters. The van der Waals surface area contributed by atoms with E-state index in [0.29, 0.717) is 5.41 Å². The van der Waals surface area contributed by atoms with Crippen LogP contribution < -0.4 is 11.1 Å². The van der Waals surface area contributed by atoms with Crippen LogP contribution in [0.3, 0.4) is 0 Å². The van der Waals surface area contributed by atoms with E-state index in [-0.39, 0.29) is 5.95 Å². The highest BCUT2D eigenvalue weighted by molar-refractivity contribution is 5.86. The van der Waals surface area contributed by atoms with Crippen molar-refractivity contribution < 1.29 is 0 Å². The first kappa shape index (κ1) is 22.0. The molecule has 174 valence electrons. The minimum atomic E-state index is 0.278. The molecule has 7 heteroatoms. The van der Waals surface area contributed by atoms with Gasteiger partial charge in [-0.2, -0.15) is 4.98 Å². The lowest BCUT2D eigenvalue weighted by Gasteiger charge is -2.60. The number of nitrogens with one attached hydrogen (secondary N) is 1. The first-order valence-corrected chi connectivity index (χ1v) is 12.3. The number of rotatable bonds is 9. The van der Waals surface area contributed by atoms with E-state index in [0.717, 1.165) is 54.9 Å². The summed E-state index contributed by atoms with van der Waals surface area (Å²) in [5.74, 6) is 1.00. The molecule has 3 N–H and O–H groups in total. The monoisotopic (exact) mass is 445 g/mol. The highest BCUT2D eigenvalue weighted by Crippen LogP contribution is 2.39. The first-order chi connectivity index (χ1) is 16.1. The van der Waals surface area contributed by atoms with Crippen LogP contribution in [-0.4, -0.2) is 64.0 Å². The molecule has 2 fully saturated rings. The van der Waals surface area contributed by atoms with Crippen molar-refractivity contribution in [3.63, 3.8) is 0 Å². The molecular formula is C26H35N7. The van der Waals surface area contributed by atoms with Crippen LogP contribution in [0.2, 0.25) is 0 Å². The summed E-state index contributed by atoms with van der Waals surface area (Å²) in [6.07, 6.45) is 2.98. The van der Waals surface area contributed by atoms with Gasteiger partial charge in [-0.15, -0.1) is 0 Å². The zero-order chi connectivity index (χ0) is 22.8. The molecule has 4 heterocycles. The van der Waals surface area contributed by atoms with Crippen LogP contribution in [0.25, 0.3) is 11.0 Å². The first-order valence-electron chi connectivity index (χ1n) is 12.3. The molecule has 1 spiro atoms. The van der Waals surface area contributed by atoms with E-state index in [1.807, 2.05) is 12.1 Å². The topological polar surface area (TPSA) is 83.2 Å². The van der Waals surface area contributed by atoms with Crippen LogP contribution in [0.4, 0.5) is 11.8 Å². The van der Waals surface area contributed by atoms with E-state index in [1.165, 1.54) is 43.9 Å². The summed E-state index contributed by atoms with van der Waals surface area (Å²) in [7, 11) is 0. The zero-order valence-corrected chi connectivity index (χ0v) is 19.8. The normalized spacial score (nSPS) is 17.8. The molecule has 1 aromatic carbocycles. The molecule has 2 aliphatic rings. The van der Waals surface area contributed by atoms with Gasteiger partial charge in [-0.25, -0.2) is 9.97 Å². The summed E-state index contributed by atoms with van der Waals surface area (Å²) < 4.78 is 0. The van der Waals surface area contributed by atoms with Crippen LogP contribution in [0.15, 0.2) is 36.4 Å². The lowest BCUT2D eigenvalue weighted by Crippen LogP contribution is -2.71. The van der Waals surface area contributed by atoms with Gasteiger partial charge in [0.25, 0.3) is 0 Å². The van der Waals surface area contributed by atoms with E-state index in [4.69, 9.17) is 10.7 Å². The van der Waals surface area contributed by atoms with E-state index in [9.17, 15) is 0 Å². The fourth-order valence-electron chi connectivity index (χ4n) is 5.25. The van der Waals surface area contributed by atoms with Gasteiger partial charge in [0.2, 0.25) is 5.95 Å². The molecule has 0 bridgehead atoms. The smallest absolute Gasteiger partial charge is 0.222 e. The van der Waals surface area contributed by atoms with Gasteiger partial charge in [-0.3, -0.25) is 4.90 Å². The van der Waals surface area contributed by atoms with Crippen molar-refractivity contribution in [2.45, 2.75) is 39.7 Å². The minimum absolute atomic E-state index is 0.278. The third-order valence-electron chi connectivity index (χ3n) is 6.94. The van der Waals surface area contributed by atoms with E-state index in [2.05, 4.69) is 63.2 Å². The minimum Gasteiger partial charge on any atom is -0.368 e. The molecule has 2 aromatic heterocycles. The van der Waals surface area contributed by atoms with E-state index >= 15 is 0 Å². The van der Waals surface area contributed by atoms with Gasteiger partial charge >= 0.3 is 0 Å². The highest BCUT2D eigenvalue weighted by Gasteiger charge is 2.50. The van der Waals surface area contributed by atoms with Crippen LogP contribution in [-0.2, 0) is 13.0 Å². The molecular weight excluding hydrogens is 410 g/mol. The van der Waals surface area contributed by atoms with E-state index in [1.54, 1.807) is 0 Å². The summed E-state index contributed by atoms with van der Waals surface area (Å²) in [5.41, 5.74) is 11.7. The number of nitrogen functional groups attached to an aromatic ring is 1. The number of hydrogen-bond donors (Lipinski definition) is 2. The average Bonchev–Trinajstić information content (AvgIpc) is 2.76. The summed E-state index contributed by atoms with van der Waals surface area (Å²) >= 11 is 0. The number of pyridine rings is 1. The van der Waals surface area contributed by atoms with Crippen LogP contribution in [0, 0.1) is 5.41 Å². The zero-order valence-electron chi connectivity index (χ0n) is 19.8. The number of fused-ring (bicyclic) bond motifs is 1. The Morgan fingerprint density at radius 3 is 2.36 bits per heavy atom. The molecule has 2 aliphatic heterocycles. The maximum absolute atomic E-state index is 5.90. The Bertz CT molecular complexity index is 1100. The van der Waals surface area contributed by atoms with Gasteiger partial charge in [0.1, 0.15) is 5.52 Å². The molecule has 0 radical (unpaired) electrons. The number of aromatic nitrogens is 3. The van der Waals surface area contributed by atoms with Crippen LogP contribution in [0.5, 0.6) is 0 Å². The van der Waals surface area contributed by atoms with Crippen molar-refractivity contribution >= 4 is 22.8 Å². The lowest BCUT2D eigenvalue weighted by atomic mass is 9.73. The molecule has 0 aliphatic carbocycles. The Labute approximate surface area is 196 Å². The lowest BCUT2D eigenvalue weighted by molar-refractivity contribution is -0.115. The second-order valence-electron chi connectivity index (χ2n) is 9.82. The van der Waals surface area contributed by atoms with Gasteiger partial charge < -0.3 is 16.0 Å². The predicted octanol–water partition coefficient (Wildman–Crippen LogP) is 3.55. The number of likely N-dealkylation sites (tertiary alicyclic amines) is 2. The largest absolute Gasteiger partial charge is 0.368 e. The van der Waals surface area contributed by atoms with Gasteiger partial charge in [0.05, 0.1) is 5.52 Å². The van der Waals surface area contributed by atoms with Crippen LogP contribution >= 0.6 is 0 Å². The van der Waals surface area contributed by atoms with Crippen molar-refractivity contribution in [2.75, 3.05) is 50.3 Å². The molecule has 5 rings (SSSR count). The molecule has 0 atom stereocenters. The predicted molar refractivity (Wildman–Crippen MR) is 134 cm³/mol. The third-order valence-corrected chi connectivity index (χ3v) is 6.94. The van der Waals surface area contributed by atoms with Crippen molar-refractivity contribution in [3.8, 4) is 0 Å². The molecule has 7 nitrogen and oxygen atoms in total. The third kappa shape index (κ3) is 4.80. The van der Waals surface area contributed by atoms with Gasteiger partial charge in [0.15, 0.2) is 5.82 Å². The number of hydrogen-bond acceptors (Lipinski definition) is 7. The summed E-state index contributed by atoms with van der Waals surface area (Å²) in [6.45, 7) is 12.6. The summed E-state index contributed by atoms with van der Waals surface area (Å²) in [5, 5.41) is 3.38. The van der Waals surface area contributed by atoms with Crippen molar-refractivity contribution in [1.82, 2.24) is 24.8 Å². The fraction of sp³-hybridized carbons (Fsp3) is 0.500. The number of benzene rings is 1. The van der Waals surface area contributed by atoms with Crippen molar-refractivity contribution in [2.24, 2.45) is 5.41 Å². The molecule has 0 amide bonds. The van der Waals surface area contributed by atoms with Gasteiger partial charge in [-0.1, -0.05) is 44.5 Å². The Morgan fingerprint density at radius 2 is 1.64 bits per heavy atom. The number of nitrogens with two attached hydrogens (primary N) is 1. The average molecular weight is 446 g/mol. The quantitative estimate of drug-likeness (QED) is 0.487. The van der Waals surface area contributed by atoms with Gasteiger partial charge in [0, 0.05) is 56.8 Å². The Kier molecular flexibility index (Phi) is 6.17. The van der Waals surface area contributed by atoms with Gasteiger partial charge in [-0.05, 0) is 36.2 Å². The molecule has 2 saturated heterocycles. The van der Waals surface area contributed by atoms with Crippen LogP contribution in [0.1, 0.15) is 43.5 Å². The maximum Gasteiger partial charge on any atom is 0.222 e. The Hall–Kier alpha value is -2.77. The highest BCUT2D eigenvalue weighted by atomic mass is 15.3. The number of anilines is 2. The maximum atomic E-state index is 5.90.